The van der Waals surface area contributed by atoms with E-state index in [4.69, 9.17) is 5.11 Å². The smallest absolute Gasteiger partial charge is 0.303 e. The van der Waals surface area contributed by atoms with Gasteiger partial charge in [-0.2, -0.15) is 5.10 Å². The van der Waals surface area contributed by atoms with Crippen molar-refractivity contribution in [2.45, 2.75) is 24.3 Å². The van der Waals surface area contributed by atoms with Crippen LogP contribution in [0.25, 0.3) is 0 Å². The number of hydrogen-bond donors (Lipinski definition) is 3. The van der Waals surface area contributed by atoms with E-state index in [1.165, 1.54) is 12.1 Å². The van der Waals surface area contributed by atoms with Crippen LogP contribution in [0, 0.1) is 0 Å². The molecule has 0 aliphatic heterocycles. The highest BCUT2D eigenvalue weighted by Crippen LogP contribution is 2.12. The molecule has 7 nitrogen and oxygen atoms in total. The summed E-state index contributed by atoms with van der Waals surface area (Å²) in [6, 6.07) is 7.85. The lowest BCUT2D eigenvalue weighted by Gasteiger charge is -2.06. The molecule has 0 radical (unpaired) electrons. The minimum atomic E-state index is -3.60. The molecule has 0 unspecified atom stereocenters. The second-order valence-electron chi connectivity index (χ2n) is 4.44. The summed E-state index contributed by atoms with van der Waals surface area (Å²) in [7, 11) is -3.60. The lowest BCUT2D eigenvalue weighted by molar-refractivity contribution is -0.136. The lowest BCUT2D eigenvalue weighted by atomic mass is 10.1. The van der Waals surface area contributed by atoms with E-state index in [9.17, 15) is 13.2 Å². The summed E-state index contributed by atoms with van der Waals surface area (Å²) in [5, 5.41) is 15.0. The topological polar surface area (TPSA) is 112 Å². The first kappa shape index (κ1) is 15.2. The second kappa shape index (κ2) is 6.51. The fourth-order valence-electron chi connectivity index (χ4n) is 1.73. The number of carbonyl (C=O) groups is 1. The zero-order valence-corrected chi connectivity index (χ0v) is 11.9. The third-order valence-corrected chi connectivity index (χ3v) is 4.29. The van der Waals surface area contributed by atoms with Crippen LogP contribution >= 0.6 is 0 Å². The zero-order chi connectivity index (χ0) is 15.3. The molecule has 21 heavy (non-hydrogen) atoms. The van der Waals surface area contributed by atoms with Crippen molar-refractivity contribution >= 4 is 16.0 Å². The Balaban J connectivity index is 2.01. The molecule has 0 fully saturated rings. The van der Waals surface area contributed by atoms with Crippen molar-refractivity contribution in [3.05, 3.63) is 47.8 Å². The Kier molecular flexibility index (Phi) is 4.71. The third kappa shape index (κ3) is 4.40. The third-order valence-electron chi connectivity index (χ3n) is 2.87. The average molecular weight is 309 g/mol. The molecule has 112 valence electrons. The maximum Gasteiger partial charge on any atom is 0.303 e. The van der Waals surface area contributed by atoms with Crippen LogP contribution in [0.15, 0.2) is 41.4 Å². The van der Waals surface area contributed by atoms with Gasteiger partial charge >= 0.3 is 5.97 Å². The van der Waals surface area contributed by atoms with Crippen LogP contribution in [0.4, 0.5) is 0 Å². The molecule has 0 bridgehead atoms. The number of aryl methyl sites for hydroxylation is 1. The van der Waals surface area contributed by atoms with Crippen molar-refractivity contribution in [2.75, 3.05) is 0 Å². The fraction of sp³-hybridized carbons (Fsp3) is 0.231. The van der Waals surface area contributed by atoms with Crippen LogP contribution < -0.4 is 4.72 Å². The molecule has 3 N–H and O–H groups in total. The Hall–Kier alpha value is -2.19. The van der Waals surface area contributed by atoms with Gasteiger partial charge < -0.3 is 5.11 Å². The van der Waals surface area contributed by atoms with E-state index in [-0.39, 0.29) is 17.9 Å². The van der Waals surface area contributed by atoms with E-state index in [1.54, 1.807) is 24.4 Å². The van der Waals surface area contributed by atoms with Gasteiger partial charge in [0, 0.05) is 12.6 Å². The number of H-pyrrole nitrogens is 1. The fourth-order valence-corrected chi connectivity index (χ4v) is 2.73. The summed E-state index contributed by atoms with van der Waals surface area (Å²) >= 11 is 0. The number of carboxylic acids is 1. The summed E-state index contributed by atoms with van der Waals surface area (Å²) in [6.45, 7) is 0.128. The molecule has 1 aromatic carbocycles. The number of benzene rings is 1. The van der Waals surface area contributed by atoms with Crippen LogP contribution in [0.1, 0.15) is 17.7 Å². The summed E-state index contributed by atoms with van der Waals surface area (Å²) in [5.41, 5.74) is 1.45. The summed E-state index contributed by atoms with van der Waals surface area (Å²) < 4.78 is 26.6. The van der Waals surface area contributed by atoms with Crippen LogP contribution in [0.3, 0.4) is 0 Å². The monoisotopic (exact) mass is 309 g/mol. The number of nitrogens with one attached hydrogen (secondary N) is 2. The molecule has 1 aromatic heterocycles. The molecule has 8 heteroatoms. The number of rotatable bonds is 7. The van der Waals surface area contributed by atoms with Crippen LogP contribution in [0.2, 0.25) is 0 Å². The number of aromatic amines is 1. The first-order chi connectivity index (χ1) is 9.97. The Morgan fingerprint density at radius 2 is 1.95 bits per heavy atom. The highest BCUT2D eigenvalue weighted by Gasteiger charge is 2.13. The maximum atomic E-state index is 12.1. The molecular weight excluding hydrogens is 294 g/mol. The predicted molar refractivity (Wildman–Crippen MR) is 75.0 cm³/mol. The number of carboxylic acid groups (broad SMARTS) is 1. The van der Waals surface area contributed by atoms with Gasteiger partial charge in [0.1, 0.15) is 0 Å². The van der Waals surface area contributed by atoms with Gasteiger partial charge in [0.15, 0.2) is 0 Å². The van der Waals surface area contributed by atoms with Crippen LogP contribution in [-0.4, -0.2) is 29.7 Å². The van der Waals surface area contributed by atoms with Gasteiger partial charge in [0.2, 0.25) is 10.0 Å². The Bertz CT molecular complexity index is 694. The Morgan fingerprint density at radius 3 is 2.52 bits per heavy atom. The number of hydrogen-bond acceptors (Lipinski definition) is 4. The van der Waals surface area contributed by atoms with Crippen molar-refractivity contribution in [2.24, 2.45) is 0 Å². The molecule has 0 saturated heterocycles. The highest BCUT2D eigenvalue weighted by atomic mass is 32.2. The standard InChI is InChI=1S/C13H15N3O4S/c17-13(18)6-3-10-1-4-12(5-2-10)21(19,20)15-9-11-7-8-14-16-11/h1-2,4-5,7-8,15H,3,6,9H2,(H,14,16)(H,17,18). The summed E-state index contributed by atoms with van der Waals surface area (Å²) in [6.07, 6.45) is 1.93. The van der Waals surface area contributed by atoms with Crippen LogP contribution in [-0.2, 0) is 27.8 Å². The van der Waals surface area contributed by atoms with E-state index in [0.29, 0.717) is 12.1 Å². The minimum absolute atomic E-state index is 0.0180. The second-order valence-corrected chi connectivity index (χ2v) is 6.21. The van der Waals surface area contributed by atoms with Crippen molar-refractivity contribution in [3.63, 3.8) is 0 Å². The highest BCUT2D eigenvalue weighted by molar-refractivity contribution is 7.89. The van der Waals surface area contributed by atoms with Gasteiger partial charge in [-0.15, -0.1) is 0 Å². The molecule has 0 aliphatic rings. The van der Waals surface area contributed by atoms with Crippen molar-refractivity contribution in [1.82, 2.24) is 14.9 Å². The quantitative estimate of drug-likeness (QED) is 0.703. The van der Waals surface area contributed by atoms with E-state index in [0.717, 1.165) is 5.56 Å². The van der Waals surface area contributed by atoms with Gasteiger partial charge in [-0.3, -0.25) is 9.89 Å². The first-order valence-electron chi connectivity index (χ1n) is 6.26. The van der Waals surface area contributed by atoms with Gasteiger partial charge in [-0.1, -0.05) is 12.1 Å². The molecule has 1 heterocycles. The van der Waals surface area contributed by atoms with E-state index >= 15 is 0 Å². The zero-order valence-electron chi connectivity index (χ0n) is 11.1. The van der Waals surface area contributed by atoms with Gasteiger partial charge in [0.25, 0.3) is 0 Å². The largest absolute Gasteiger partial charge is 0.481 e. The van der Waals surface area contributed by atoms with Gasteiger partial charge in [-0.05, 0) is 30.2 Å². The predicted octanol–water partition coefficient (Wildman–Crippen LogP) is 0.905. The van der Waals surface area contributed by atoms with E-state index in [2.05, 4.69) is 14.9 Å². The molecule has 0 atom stereocenters. The molecule has 0 amide bonds. The molecule has 2 aromatic rings. The maximum absolute atomic E-state index is 12.1. The number of nitrogens with zero attached hydrogens (tertiary/aromatic N) is 1. The van der Waals surface area contributed by atoms with Crippen molar-refractivity contribution in [1.29, 1.82) is 0 Å². The Morgan fingerprint density at radius 1 is 1.24 bits per heavy atom. The molecule has 0 aliphatic carbocycles. The lowest BCUT2D eigenvalue weighted by Crippen LogP contribution is -2.23. The minimum Gasteiger partial charge on any atom is -0.481 e. The number of aromatic nitrogens is 2. The molecular formula is C13H15N3O4S. The van der Waals surface area contributed by atoms with E-state index in [1.807, 2.05) is 0 Å². The first-order valence-corrected chi connectivity index (χ1v) is 7.74. The summed E-state index contributed by atoms with van der Waals surface area (Å²) in [4.78, 5) is 10.6. The van der Waals surface area contributed by atoms with Gasteiger partial charge in [0.05, 0.1) is 17.1 Å². The SMILES string of the molecule is O=C(O)CCc1ccc(S(=O)(=O)NCc2ccn[nH]2)cc1. The Labute approximate surface area is 122 Å². The number of aliphatic carboxylic acids is 1. The van der Waals surface area contributed by atoms with Gasteiger partial charge in [-0.25, -0.2) is 13.1 Å². The number of sulfonamides is 1. The molecule has 0 saturated carbocycles. The van der Waals surface area contributed by atoms with Crippen LogP contribution in [0.5, 0.6) is 0 Å². The van der Waals surface area contributed by atoms with Crippen molar-refractivity contribution in [3.8, 4) is 0 Å². The molecule has 2 rings (SSSR count). The summed E-state index contributed by atoms with van der Waals surface area (Å²) in [5.74, 6) is -0.882. The van der Waals surface area contributed by atoms with E-state index < -0.39 is 16.0 Å². The average Bonchev–Trinajstić information content (AvgIpc) is 2.97. The molecule has 0 spiro atoms. The normalized spacial score (nSPS) is 11.4. The van der Waals surface area contributed by atoms with Crippen molar-refractivity contribution < 1.29 is 18.3 Å².